The predicted molar refractivity (Wildman–Crippen MR) is 122 cm³/mol. The van der Waals surface area contributed by atoms with Gasteiger partial charge in [0.25, 0.3) is 0 Å². The van der Waals surface area contributed by atoms with Crippen molar-refractivity contribution < 1.29 is 4.74 Å². The molecule has 0 bridgehead atoms. The fraction of sp³-hybridized carbons (Fsp3) is 0.0800. The maximum Gasteiger partial charge on any atom is 0.168 e. The maximum absolute atomic E-state index is 5.86. The van der Waals surface area contributed by atoms with Gasteiger partial charge in [-0.15, -0.1) is 0 Å². The van der Waals surface area contributed by atoms with Crippen LogP contribution in [0.15, 0.2) is 91.4 Å². The van der Waals surface area contributed by atoms with E-state index in [-0.39, 0.29) is 0 Å². The first-order valence-corrected chi connectivity index (χ1v) is 10.1. The number of fused-ring (bicyclic) bond motifs is 1. The molecular weight excluding hydrogens is 386 g/mol. The number of benzene rings is 3. The van der Waals surface area contributed by atoms with Crippen LogP contribution >= 0.6 is 0 Å². The summed E-state index contributed by atoms with van der Waals surface area (Å²) >= 11 is 0. The smallest absolute Gasteiger partial charge is 0.168 e. The van der Waals surface area contributed by atoms with Gasteiger partial charge in [-0.05, 0) is 54.4 Å². The Balaban J connectivity index is 1.35. The number of hydrogen-bond acceptors (Lipinski definition) is 5. The van der Waals surface area contributed by atoms with E-state index in [1.54, 1.807) is 12.5 Å². The zero-order valence-electron chi connectivity index (χ0n) is 17.1. The summed E-state index contributed by atoms with van der Waals surface area (Å²) in [4.78, 5) is 8.86. The summed E-state index contributed by atoms with van der Waals surface area (Å²) in [6.07, 6.45) is 3.34. The molecule has 5 rings (SSSR count). The molecule has 0 unspecified atom stereocenters. The van der Waals surface area contributed by atoms with Crippen LogP contribution < -0.4 is 10.1 Å². The van der Waals surface area contributed by atoms with Crippen molar-refractivity contribution in [1.82, 2.24) is 19.7 Å². The Bertz CT molecular complexity index is 1310. The van der Waals surface area contributed by atoms with Gasteiger partial charge in [-0.2, -0.15) is 5.10 Å². The van der Waals surface area contributed by atoms with E-state index in [0.717, 1.165) is 33.7 Å². The van der Waals surface area contributed by atoms with E-state index in [4.69, 9.17) is 4.74 Å². The summed E-state index contributed by atoms with van der Waals surface area (Å²) in [7, 11) is 0. The van der Waals surface area contributed by atoms with Crippen LogP contribution in [-0.4, -0.2) is 19.7 Å². The lowest BCUT2D eigenvalue weighted by Crippen LogP contribution is -2.00. The summed E-state index contributed by atoms with van der Waals surface area (Å²) in [5, 5.41) is 8.75. The second kappa shape index (κ2) is 8.28. The number of anilines is 2. The third-order valence-corrected chi connectivity index (χ3v) is 4.98. The average Bonchev–Trinajstić information content (AvgIpc) is 3.25. The molecule has 2 heterocycles. The van der Waals surface area contributed by atoms with E-state index < -0.39 is 0 Å². The standard InChI is InChI=1S/C25H21N5O/c1-18-6-5-9-21(14-18)30-25-23(15-28-30)24(26-17-27-25)29-20-10-12-22(13-11-20)31-16-19-7-3-2-4-8-19/h2-15,17H,16H2,1H3,(H,26,27,29). The van der Waals surface area contributed by atoms with Gasteiger partial charge in [-0.25, -0.2) is 14.6 Å². The van der Waals surface area contributed by atoms with Crippen LogP contribution in [0.25, 0.3) is 16.7 Å². The zero-order valence-corrected chi connectivity index (χ0v) is 17.1. The Morgan fingerprint density at radius 2 is 1.74 bits per heavy atom. The van der Waals surface area contributed by atoms with Gasteiger partial charge in [0.05, 0.1) is 17.3 Å². The van der Waals surface area contributed by atoms with E-state index in [1.165, 1.54) is 5.56 Å². The monoisotopic (exact) mass is 407 g/mol. The lowest BCUT2D eigenvalue weighted by Gasteiger charge is -2.09. The highest BCUT2D eigenvalue weighted by atomic mass is 16.5. The van der Waals surface area contributed by atoms with Gasteiger partial charge in [0, 0.05) is 5.69 Å². The number of nitrogens with one attached hydrogen (secondary N) is 1. The highest BCUT2D eigenvalue weighted by Gasteiger charge is 2.11. The molecule has 0 saturated heterocycles. The molecule has 0 aliphatic heterocycles. The molecule has 0 radical (unpaired) electrons. The molecule has 2 aromatic heterocycles. The van der Waals surface area contributed by atoms with Crippen molar-refractivity contribution in [3.8, 4) is 11.4 Å². The highest BCUT2D eigenvalue weighted by molar-refractivity contribution is 5.89. The van der Waals surface area contributed by atoms with Crippen molar-refractivity contribution in [2.75, 3.05) is 5.32 Å². The van der Waals surface area contributed by atoms with Crippen LogP contribution in [-0.2, 0) is 6.61 Å². The van der Waals surface area contributed by atoms with E-state index in [1.807, 2.05) is 71.4 Å². The van der Waals surface area contributed by atoms with Gasteiger partial charge in [0.2, 0.25) is 0 Å². The zero-order chi connectivity index (χ0) is 21.0. The van der Waals surface area contributed by atoms with Crippen LogP contribution in [0.2, 0.25) is 0 Å². The fourth-order valence-corrected chi connectivity index (χ4v) is 3.40. The minimum Gasteiger partial charge on any atom is -0.489 e. The van der Waals surface area contributed by atoms with Gasteiger partial charge < -0.3 is 10.1 Å². The number of rotatable bonds is 6. The first-order chi connectivity index (χ1) is 15.3. The minimum absolute atomic E-state index is 0.540. The van der Waals surface area contributed by atoms with Gasteiger partial charge in [-0.1, -0.05) is 42.5 Å². The van der Waals surface area contributed by atoms with E-state index >= 15 is 0 Å². The molecule has 6 heteroatoms. The quantitative estimate of drug-likeness (QED) is 0.406. The molecule has 31 heavy (non-hydrogen) atoms. The molecule has 152 valence electrons. The van der Waals surface area contributed by atoms with Crippen LogP contribution in [0.5, 0.6) is 5.75 Å². The summed E-state index contributed by atoms with van der Waals surface area (Å²) in [5.74, 6) is 1.52. The SMILES string of the molecule is Cc1cccc(-n2ncc3c(Nc4ccc(OCc5ccccc5)cc4)ncnc32)c1. The Morgan fingerprint density at radius 1 is 0.903 bits per heavy atom. The van der Waals surface area contributed by atoms with Crippen LogP contribution in [0, 0.1) is 6.92 Å². The Labute approximate surface area is 180 Å². The second-order valence-corrected chi connectivity index (χ2v) is 7.28. The van der Waals surface area contributed by atoms with E-state index in [2.05, 4.69) is 39.4 Å². The third-order valence-electron chi connectivity index (χ3n) is 4.98. The normalized spacial score (nSPS) is 10.9. The Hall–Kier alpha value is -4.19. The molecule has 1 N–H and O–H groups in total. The number of nitrogens with zero attached hydrogens (tertiary/aromatic N) is 4. The van der Waals surface area contributed by atoms with E-state index in [9.17, 15) is 0 Å². The molecule has 0 aliphatic carbocycles. The molecule has 3 aromatic carbocycles. The second-order valence-electron chi connectivity index (χ2n) is 7.28. The largest absolute Gasteiger partial charge is 0.489 e. The summed E-state index contributed by atoms with van der Waals surface area (Å²) in [6.45, 7) is 2.60. The number of aromatic nitrogens is 4. The number of aryl methyl sites for hydroxylation is 1. The van der Waals surface area contributed by atoms with Crippen molar-refractivity contribution in [3.63, 3.8) is 0 Å². The van der Waals surface area contributed by atoms with Crippen molar-refractivity contribution in [2.24, 2.45) is 0 Å². The van der Waals surface area contributed by atoms with Crippen LogP contribution in [0.1, 0.15) is 11.1 Å². The predicted octanol–water partition coefficient (Wildman–Crippen LogP) is 5.45. The van der Waals surface area contributed by atoms with Gasteiger partial charge >= 0.3 is 0 Å². The molecule has 0 amide bonds. The number of hydrogen-bond donors (Lipinski definition) is 1. The summed E-state index contributed by atoms with van der Waals surface area (Å²) < 4.78 is 7.69. The Morgan fingerprint density at radius 3 is 2.55 bits per heavy atom. The van der Waals surface area contributed by atoms with Crippen LogP contribution in [0.4, 0.5) is 11.5 Å². The first-order valence-electron chi connectivity index (χ1n) is 10.1. The fourth-order valence-electron chi connectivity index (χ4n) is 3.40. The lowest BCUT2D eigenvalue weighted by molar-refractivity contribution is 0.306. The molecular formula is C25H21N5O. The molecule has 0 aliphatic rings. The molecule has 5 aromatic rings. The van der Waals surface area contributed by atoms with Gasteiger partial charge in [0.1, 0.15) is 24.5 Å². The minimum atomic E-state index is 0.540. The van der Waals surface area contributed by atoms with Crippen molar-refractivity contribution in [3.05, 3.63) is 103 Å². The summed E-state index contributed by atoms with van der Waals surface area (Å²) in [5.41, 5.74) is 4.95. The Kier molecular flexibility index (Phi) is 5.02. The van der Waals surface area contributed by atoms with E-state index in [0.29, 0.717) is 12.4 Å². The first kappa shape index (κ1) is 18.8. The topological polar surface area (TPSA) is 64.9 Å². The van der Waals surface area contributed by atoms with Crippen LogP contribution in [0.3, 0.4) is 0 Å². The maximum atomic E-state index is 5.86. The molecule has 0 atom stereocenters. The molecule has 0 saturated carbocycles. The molecule has 0 spiro atoms. The number of ether oxygens (including phenoxy) is 1. The van der Waals surface area contributed by atoms with Crippen molar-refractivity contribution in [2.45, 2.75) is 13.5 Å². The van der Waals surface area contributed by atoms with Gasteiger partial charge in [0.15, 0.2) is 5.65 Å². The van der Waals surface area contributed by atoms with Crippen molar-refractivity contribution >= 4 is 22.5 Å². The summed E-state index contributed by atoms with van der Waals surface area (Å²) in [6, 6.07) is 26.1. The third kappa shape index (κ3) is 4.09. The highest BCUT2D eigenvalue weighted by Crippen LogP contribution is 2.26. The molecule has 6 nitrogen and oxygen atoms in total. The lowest BCUT2D eigenvalue weighted by atomic mass is 10.2. The van der Waals surface area contributed by atoms with Crippen molar-refractivity contribution in [1.29, 1.82) is 0 Å². The average molecular weight is 407 g/mol. The molecule has 0 fully saturated rings. The van der Waals surface area contributed by atoms with Gasteiger partial charge in [-0.3, -0.25) is 0 Å².